The second-order valence-corrected chi connectivity index (χ2v) is 2.76. The van der Waals surface area contributed by atoms with Crippen LogP contribution in [0.2, 0.25) is 0 Å². The molecule has 1 nitrogen and oxygen atoms in total. The summed E-state index contributed by atoms with van der Waals surface area (Å²) in [6, 6.07) is 0.674. The Bertz CT molecular complexity index is 113. The van der Waals surface area contributed by atoms with Crippen molar-refractivity contribution in [2.75, 3.05) is 6.54 Å². The number of hydrogen-bond acceptors (Lipinski definition) is 1. The number of unbranched alkanes of at least 4 members (excludes halogenated alkanes) is 1. The molecule has 0 aliphatic rings. The van der Waals surface area contributed by atoms with Gasteiger partial charge in [0.1, 0.15) is 0 Å². The molecule has 0 aromatic heterocycles. The van der Waals surface area contributed by atoms with Gasteiger partial charge in [0, 0.05) is 12.5 Å². The average molecular weight is 153 g/mol. The van der Waals surface area contributed by atoms with Crippen molar-refractivity contribution in [3.05, 3.63) is 0 Å². The summed E-state index contributed by atoms with van der Waals surface area (Å²) in [5.74, 6) is 2.66. The van der Waals surface area contributed by atoms with Gasteiger partial charge in [0.25, 0.3) is 0 Å². The Kier molecular flexibility index (Phi) is 7.29. The Labute approximate surface area is 70.6 Å². The molecule has 1 heteroatoms. The van der Waals surface area contributed by atoms with E-state index in [1.54, 1.807) is 0 Å². The van der Waals surface area contributed by atoms with E-state index in [0.29, 0.717) is 6.04 Å². The van der Waals surface area contributed by atoms with Crippen LogP contribution >= 0.6 is 0 Å². The smallest absolute Gasteiger partial charge is 0.00866 e. The van der Waals surface area contributed by atoms with E-state index < -0.39 is 0 Å². The highest BCUT2D eigenvalue weighted by Gasteiger charge is 2.01. The third kappa shape index (κ3) is 5.94. The summed E-state index contributed by atoms with van der Waals surface area (Å²) >= 11 is 0. The van der Waals surface area contributed by atoms with Crippen LogP contribution in [-0.4, -0.2) is 12.6 Å². The van der Waals surface area contributed by atoms with Gasteiger partial charge in [-0.1, -0.05) is 13.8 Å². The molecule has 0 heterocycles. The van der Waals surface area contributed by atoms with Crippen LogP contribution in [0.1, 0.15) is 39.5 Å². The molecule has 0 spiro atoms. The third-order valence-electron chi connectivity index (χ3n) is 1.86. The van der Waals surface area contributed by atoms with Gasteiger partial charge < -0.3 is 5.32 Å². The molecule has 0 saturated heterocycles. The van der Waals surface area contributed by atoms with Gasteiger partial charge in [-0.3, -0.25) is 0 Å². The fourth-order valence-electron chi connectivity index (χ4n) is 1.19. The van der Waals surface area contributed by atoms with Gasteiger partial charge >= 0.3 is 0 Å². The summed E-state index contributed by atoms with van der Waals surface area (Å²) in [6.45, 7) is 5.42. The molecule has 0 fully saturated rings. The van der Waals surface area contributed by atoms with Gasteiger partial charge in [-0.05, 0) is 25.8 Å². The van der Waals surface area contributed by atoms with Crippen LogP contribution in [-0.2, 0) is 0 Å². The van der Waals surface area contributed by atoms with E-state index in [0.717, 1.165) is 19.4 Å². The maximum Gasteiger partial charge on any atom is 0.00866 e. The Morgan fingerprint density at radius 1 is 1.45 bits per heavy atom. The third-order valence-corrected chi connectivity index (χ3v) is 1.86. The first-order valence-corrected chi connectivity index (χ1v) is 4.52. The first kappa shape index (κ1) is 10.5. The predicted molar refractivity (Wildman–Crippen MR) is 50.4 cm³/mol. The molecule has 0 aromatic rings. The minimum Gasteiger partial charge on any atom is -0.314 e. The molecule has 0 radical (unpaired) electrons. The second-order valence-electron chi connectivity index (χ2n) is 2.76. The maximum absolute atomic E-state index is 5.16. The van der Waals surface area contributed by atoms with E-state index in [4.69, 9.17) is 6.42 Å². The standard InChI is InChI=1S/C10H19N/c1-4-7-8-9-10(5-2)11-6-3/h1,10-11H,5-9H2,2-3H3. The minimum absolute atomic E-state index is 0.674. The number of nitrogens with one attached hydrogen (secondary N) is 1. The van der Waals surface area contributed by atoms with Crippen molar-refractivity contribution >= 4 is 0 Å². The van der Waals surface area contributed by atoms with Crippen molar-refractivity contribution < 1.29 is 0 Å². The van der Waals surface area contributed by atoms with Crippen LogP contribution in [0, 0.1) is 12.3 Å². The lowest BCUT2D eigenvalue weighted by atomic mass is 10.1. The molecule has 1 unspecified atom stereocenters. The molecule has 64 valence electrons. The lowest BCUT2D eigenvalue weighted by Gasteiger charge is -2.14. The van der Waals surface area contributed by atoms with E-state index in [2.05, 4.69) is 25.1 Å². The Hall–Kier alpha value is -0.480. The number of terminal acetylenes is 1. The maximum atomic E-state index is 5.16. The second kappa shape index (κ2) is 7.63. The average Bonchev–Trinajstić information content (AvgIpc) is 2.03. The van der Waals surface area contributed by atoms with Crippen LogP contribution < -0.4 is 5.32 Å². The van der Waals surface area contributed by atoms with E-state index in [9.17, 15) is 0 Å². The SMILES string of the molecule is C#CCCCC(CC)NCC. The van der Waals surface area contributed by atoms with E-state index >= 15 is 0 Å². The van der Waals surface area contributed by atoms with Gasteiger partial charge in [-0.2, -0.15) is 0 Å². The zero-order chi connectivity index (χ0) is 8.53. The van der Waals surface area contributed by atoms with Crippen molar-refractivity contribution in [1.82, 2.24) is 5.32 Å². The van der Waals surface area contributed by atoms with Crippen molar-refractivity contribution in [2.24, 2.45) is 0 Å². The van der Waals surface area contributed by atoms with Crippen molar-refractivity contribution in [2.45, 2.75) is 45.6 Å². The lowest BCUT2D eigenvalue weighted by Crippen LogP contribution is -2.27. The highest BCUT2D eigenvalue weighted by Crippen LogP contribution is 2.02. The number of hydrogen-bond donors (Lipinski definition) is 1. The molecule has 0 aliphatic heterocycles. The molecule has 0 aliphatic carbocycles. The van der Waals surface area contributed by atoms with Crippen molar-refractivity contribution in [3.63, 3.8) is 0 Å². The first-order chi connectivity index (χ1) is 5.35. The summed E-state index contributed by atoms with van der Waals surface area (Å²) in [5, 5.41) is 3.42. The normalized spacial score (nSPS) is 12.5. The topological polar surface area (TPSA) is 12.0 Å². The molecular formula is C10H19N. The summed E-state index contributed by atoms with van der Waals surface area (Å²) in [7, 11) is 0. The zero-order valence-electron chi connectivity index (χ0n) is 7.69. The Balaban J connectivity index is 3.29. The summed E-state index contributed by atoms with van der Waals surface area (Å²) in [6.07, 6.45) is 9.66. The van der Waals surface area contributed by atoms with Crippen molar-refractivity contribution in [1.29, 1.82) is 0 Å². The first-order valence-electron chi connectivity index (χ1n) is 4.52. The van der Waals surface area contributed by atoms with Crippen LogP contribution in [0.5, 0.6) is 0 Å². The molecule has 11 heavy (non-hydrogen) atoms. The van der Waals surface area contributed by atoms with Crippen molar-refractivity contribution in [3.8, 4) is 12.3 Å². The highest BCUT2D eigenvalue weighted by molar-refractivity contribution is 4.83. The molecule has 0 saturated carbocycles. The molecule has 0 bridgehead atoms. The Morgan fingerprint density at radius 2 is 2.18 bits per heavy atom. The fourth-order valence-corrected chi connectivity index (χ4v) is 1.19. The molecular weight excluding hydrogens is 134 g/mol. The Morgan fingerprint density at radius 3 is 2.64 bits per heavy atom. The fraction of sp³-hybridized carbons (Fsp3) is 0.800. The minimum atomic E-state index is 0.674. The van der Waals surface area contributed by atoms with Crippen LogP contribution in [0.15, 0.2) is 0 Å². The molecule has 0 aromatic carbocycles. The zero-order valence-corrected chi connectivity index (χ0v) is 7.69. The molecule has 0 rings (SSSR count). The monoisotopic (exact) mass is 153 g/mol. The lowest BCUT2D eigenvalue weighted by molar-refractivity contribution is 0.470. The molecule has 1 N–H and O–H groups in total. The quantitative estimate of drug-likeness (QED) is 0.455. The van der Waals surface area contributed by atoms with E-state index in [1.807, 2.05) is 0 Å². The van der Waals surface area contributed by atoms with E-state index in [1.165, 1.54) is 12.8 Å². The van der Waals surface area contributed by atoms with Crippen LogP contribution in [0.3, 0.4) is 0 Å². The van der Waals surface area contributed by atoms with Crippen LogP contribution in [0.25, 0.3) is 0 Å². The summed E-state index contributed by atoms with van der Waals surface area (Å²) < 4.78 is 0. The largest absolute Gasteiger partial charge is 0.314 e. The predicted octanol–water partition coefficient (Wildman–Crippen LogP) is 2.18. The van der Waals surface area contributed by atoms with Gasteiger partial charge in [0.15, 0.2) is 0 Å². The van der Waals surface area contributed by atoms with Gasteiger partial charge in [-0.25, -0.2) is 0 Å². The number of rotatable bonds is 6. The molecule has 1 atom stereocenters. The molecule has 0 amide bonds. The van der Waals surface area contributed by atoms with Gasteiger partial charge in [0.2, 0.25) is 0 Å². The van der Waals surface area contributed by atoms with E-state index in [-0.39, 0.29) is 0 Å². The van der Waals surface area contributed by atoms with Crippen LogP contribution in [0.4, 0.5) is 0 Å². The summed E-state index contributed by atoms with van der Waals surface area (Å²) in [5.41, 5.74) is 0. The highest BCUT2D eigenvalue weighted by atomic mass is 14.9. The summed E-state index contributed by atoms with van der Waals surface area (Å²) in [4.78, 5) is 0. The van der Waals surface area contributed by atoms with Gasteiger partial charge in [-0.15, -0.1) is 12.3 Å². The van der Waals surface area contributed by atoms with Gasteiger partial charge in [0.05, 0.1) is 0 Å².